The summed E-state index contributed by atoms with van der Waals surface area (Å²) in [4.78, 5) is 19.7. The van der Waals surface area contributed by atoms with Crippen molar-refractivity contribution in [3.05, 3.63) is 64.3 Å². The Morgan fingerprint density at radius 2 is 2.00 bits per heavy atom. The number of benzene rings is 2. The molecule has 1 saturated heterocycles. The third-order valence-electron chi connectivity index (χ3n) is 7.26. The lowest BCUT2D eigenvalue weighted by Crippen LogP contribution is -2.42. The van der Waals surface area contributed by atoms with Crippen LogP contribution < -0.4 is 4.74 Å². The van der Waals surface area contributed by atoms with Crippen molar-refractivity contribution in [2.24, 2.45) is 5.41 Å². The number of aliphatic carboxylic acids is 1. The summed E-state index contributed by atoms with van der Waals surface area (Å²) in [6.07, 6.45) is 3.43. The highest BCUT2D eigenvalue weighted by molar-refractivity contribution is 7.99. The number of carbonyl (C=O) groups is 1. The average Bonchev–Trinajstić information content (AvgIpc) is 2.88. The second kappa shape index (κ2) is 12.7. The maximum atomic E-state index is 11.8. The lowest BCUT2D eigenvalue weighted by atomic mass is 9.71. The van der Waals surface area contributed by atoms with Crippen LogP contribution in [0.25, 0.3) is 10.9 Å². The van der Waals surface area contributed by atoms with Gasteiger partial charge >= 0.3 is 5.97 Å². The topological polar surface area (TPSA) is 82.9 Å². The highest BCUT2D eigenvalue weighted by Crippen LogP contribution is 2.43. The average molecular weight is 564 g/mol. The van der Waals surface area contributed by atoms with Gasteiger partial charge in [0.15, 0.2) is 0 Å². The fourth-order valence-electron chi connectivity index (χ4n) is 5.16. The zero-order valence-electron chi connectivity index (χ0n) is 20.8. The number of rotatable bonds is 11. The minimum absolute atomic E-state index is 0.101. The molecule has 0 saturated carbocycles. The Morgan fingerprint density at radius 1 is 1.22 bits per heavy atom. The first kappa shape index (κ1) is 28.0. The van der Waals surface area contributed by atoms with E-state index in [9.17, 15) is 15.0 Å². The molecule has 1 aliphatic rings. The van der Waals surface area contributed by atoms with Crippen LogP contribution in [0.4, 0.5) is 0 Å². The summed E-state index contributed by atoms with van der Waals surface area (Å²) < 4.78 is 5.35. The number of ether oxygens (including phenoxy) is 1. The first-order valence-electron chi connectivity index (χ1n) is 12.4. The smallest absolute Gasteiger partial charge is 0.303 e. The van der Waals surface area contributed by atoms with Gasteiger partial charge in [-0.25, -0.2) is 0 Å². The van der Waals surface area contributed by atoms with E-state index < -0.39 is 12.1 Å². The molecule has 1 atom stereocenters. The van der Waals surface area contributed by atoms with Crippen LogP contribution in [0.1, 0.15) is 43.8 Å². The Morgan fingerprint density at radius 3 is 2.70 bits per heavy atom. The molecule has 198 valence electrons. The van der Waals surface area contributed by atoms with Crippen LogP contribution in [0, 0.1) is 5.41 Å². The molecule has 1 fully saturated rings. The lowest BCUT2D eigenvalue weighted by Gasteiger charge is -2.41. The maximum absolute atomic E-state index is 11.8. The fraction of sp³-hybridized carbons (Fsp3) is 0.429. The molecule has 0 unspecified atom stereocenters. The third-order valence-corrected chi connectivity index (χ3v) is 8.78. The molecule has 1 aromatic heterocycles. The molecule has 0 bridgehead atoms. The van der Waals surface area contributed by atoms with Gasteiger partial charge in [-0.3, -0.25) is 9.78 Å². The summed E-state index contributed by atoms with van der Waals surface area (Å²) in [7, 11) is 1.59. The molecule has 6 nitrogen and oxygen atoms in total. The summed E-state index contributed by atoms with van der Waals surface area (Å²) >= 11 is 14.3. The second-order valence-electron chi connectivity index (χ2n) is 9.68. The normalized spacial score (nSPS) is 16.5. The number of methoxy groups -OCH3 is 1. The van der Waals surface area contributed by atoms with Crippen LogP contribution in [0.5, 0.6) is 5.75 Å². The van der Waals surface area contributed by atoms with Gasteiger partial charge in [-0.1, -0.05) is 29.3 Å². The molecule has 2 N–H and O–H groups in total. The van der Waals surface area contributed by atoms with Gasteiger partial charge in [-0.05, 0) is 80.6 Å². The molecule has 2 aromatic carbocycles. The standard InChI is InChI=1S/C28H32Cl2N2O4S/c1-36-20-5-6-24-22(16-20)27(23(30)18-31-24)25(33)7-8-28(17-26(34)35)9-11-32(12-10-28)13-14-37-21-4-2-3-19(29)15-21/h2-6,15-16,18,25,33H,7-14,17H2,1H3,(H,34,35)/t25-/m0/s1. The van der Waals surface area contributed by atoms with Gasteiger partial charge in [0, 0.05) is 39.4 Å². The minimum Gasteiger partial charge on any atom is -0.497 e. The highest BCUT2D eigenvalue weighted by atomic mass is 35.5. The molecule has 3 aromatic rings. The van der Waals surface area contributed by atoms with Gasteiger partial charge in [0.1, 0.15) is 5.75 Å². The predicted molar refractivity (Wildman–Crippen MR) is 150 cm³/mol. The SMILES string of the molecule is COc1ccc2ncc(Cl)c([C@@H](O)CCC3(CC(=O)O)CCN(CCSc4cccc(Cl)c4)CC3)c2c1. The maximum Gasteiger partial charge on any atom is 0.303 e. The zero-order chi connectivity index (χ0) is 26.4. The van der Waals surface area contributed by atoms with Crippen molar-refractivity contribution in [2.75, 3.05) is 32.5 Å². The molecule has 0 aliphatic carbocycles. The number of hydrogen-bond donors (Lipinski definition) is 2. The first-order chi connectivity index (χ1) is 17.8. The summed E-state index contributed by atoms with van der Waals surface area (Å²) in [5, 5.41) is 22.8. The van der Waals surface area contributed by atoms with E-state index in [0.717, 1.165) is 59.0 Å². The van der Waals surface area contributed by atoms with E-state index in [2.05, 4.69) is 16.0 Å². The van der Waals surface area contributed by atoms with E-state index in [1.54, 1.807) is 25.1 Å². The van der Waals surface area contributed by atoms with E-state index in [1.165, 1.54) is 0 Å². The quantitative estimate of drug-likeness (QED) is 0.251. The number of halogens is 2. The molecular formula is C28H32Cl2N2O4S. The number of carboxylic acids is 1. The summed E-state index contributed by atoms with van der Waals surface area (Å²) in [5.74, 6) is 0.812. The summed E-state index contributed by atoms with van der Waals surface area (Å²) in [6.45, 7) is 2.62. The third kappa shape index (κ3) is 7.30. The Kier molecular flexibility index (Phi) is 9.59. The van der Waals surface area contributed by atoms with Crippen molar-refractivity contribution in [3.63, 3.8) is 0 Å². The van der Waals surface area contributed by atoms with E-state index in [1.807, 2.05) is 36.4 Å². The number of pyridine rings is 1. The van der Waals surface area contributed by atoms with Crippen molar-refractivity contribution in [1.29, 1.82) is 0 Å². The zero-order valence-corrected chi connectivity index (χ0v) is 23.2. The number of fused-ring (bicyclic) bond motifs is 1. The van der Waals surface area contributed by atoms with Crippen molar-refractivity contribution in [1.82, 2.24) is 9.88 Å². The molecular weight excluding hydrogens is 531 g/mol. The van der Waals surface area contributed by atoms with Crippen LogP contribution >= 0.6 is 35.0 Å². The number of piperidine rings is 1. The molecule has 37 heavy (non-hydrogen) atoms. The minimum atomic E-state index is -0.831. The molecule has 0 spiro atoms. The van der Waals surface area contributed by atoms with Gasteiger partial charge in [0.05, 0.1) is 30.2 Å². The Balaban J connectivity index is 1.38. The molecule has 1 aliphatic heterocycles. The predicted octanol–water partition coefficient (Wildman–Crippen LogP) is 6.71. The van der Waals surface area contributed by atoms with Crippen LogP contribution in [0.15, 0.2) is 53.6 Å². The van der Waals surface area contributed by atoms with E-state index in [4.69, 9.17) is 27.9 Å². The largest absolute Gasteiger partial charge is 0.497 e. The molecule has 0 amide bonds. The van der Waals surface area contributed by atoms with Gasteiger partial charge < -0.3 is 19.8 Å². The number of hydrogen-bond acceptors (Lipinski definition) is 6. The van der Waals surface area contributed by atoms with Gasteiger partial charge in [-0.15, -0.1) is 11.8 Å². The van der Waals surface area contributed by atoms with E-state index in [0.29, 0.717) is 29.2 Å². The van der Waals surface area contributed by atoms with Crippen LogP contribution in [-0.4, -0.2) is 58.6 Å². The van der Waals surface area contributed by atoms with Gasteiger partial charge in [-0.2, -0.15) is 0 Å². The Labute approximate surface area is 231 Å². The van der Waals surface area contributed by atoms with Crippen molar-refractivity contribution >= 4 is 51.8 Å². The van der Waals surface area contributed by atoms with E-state index >= 15 is 0 Å². The summed E-state index contributed by atoms with van der Waals surface area (Å²) in [5.41, 5.74) is 0.992. The Hall–Kier alpha value is -2.03. The molecule has 9 heteroatoms. The number of aromatic nitrogens is 1. The number of nitrogens with zero attached hydrogens (tertiary/aromatic N) is 2. The number of thioether (sulfide) groups is 1. The number of aliphatic hydroxyl groups is 1. The highest BCUT2D eigenvalue weighted by Gasteiger charge is 2.37. The van der Waals surface area contributed by atoms with Crippen LogP contribution in [0.2, 0.25) is 10.0 Å². The van der Waals surface area contributed by atoms with Crippen molar-refractivity contribution < 1.29 is 19.7 Å². The van der Waals surface area contributed by atoms with E-state index in [-0.39, 0.29) is 11.8 Å². The number of aliphatic hydroxyl groups excluding tert-OH is 1. The van der Waals surface area contributed by atoms with Crippen molar-refractivity contribution in [3.8, 4) is 5.75 Å². The Bertz CT molecular complexity index is 1230. The fourth-order valence-corrected chi connectivity index (χ4v) is 6.66. The molecule has 2 heterocycles. The summed E-state index contributed by atoms with van der Waals surface area (Å²) in [6, 6.07) is 13.4. The van der Waals surface area contributed by atoms with Crippen molar-refractivity contribution in [2.45, 2.75) is 43.1 Å². The monoisotopic (exact) mass is 562 g/mol. The van der Waals surface area contributed by atoms with Crippen LogP contribution in [0.3, 0.4) is 0 Å². The van der Waals surface area contributed by atoms with Crippen LogP contribution in [-0.2, 0) is 4.79 Å². The molecule has 4 rings (SSSR count). The first-order valence-corrected chi connectivity index (χ1v) is 14.2. The van der Waals surface area contributed by atoms with Gasteiger partial charge in [0.2, 0.25) is 0 Å². The number of likely N-dealkylation sites (tertiary alicyclic amines) is 1. The lowest BCUT2D eigenvalue weighted by molar-refractivity contribution is -0.141. The molecule has 0 radical (unpaired) electrons. The number of carboxylic acid groups (broad SMARTS) is 1. The second-order valence-corrected chi connectivity index (χ2v) is 11.7. The van der Waals surface area contributed by atoms with Gasteiger partial charge in [0.25, 0.3) is 0 Å².